The summed E-state index contributed by atoms with van der Waals surface area (Å²) in [5.41, 5.74) is 2.56. The van der Waals surface area contributed by atoms with Crippen molar-refractivity contribution in [1.29, 1.82) is 0 Å². The van der Waals surface area contributed by atoms with Crippen LogP contribution in [0.4, 0.5) is 14.5 Å². The molecular weight excluding hydrogens is 462 g/mol. The first-order chi connectivity index (χ1) is 17.3. The Balaban J connectivity index is 1.38. The first-order valence-corrected chi connectivity index (χ1v) is 11.9. The summed E-state index contributed by atoms with van der Waals surface area (Å²) in [6.45, 7) is 1.93. The summed E-state index contributed by atoms with van der Waals surface area (Å²) in [5, 5.41) is 8.35. The molecule has 1 N–H and O–H groups in total. The lowest BCUT2D eigenvalue weighted by atomic mass is 9.98. The highest BCUT2D eigenvalue weighted by Gasteiger charge is 2.49. The van der Waals surface area contributed by atoms with Gasteiger partial charge in [-0.25, -0.2) is 13.5 Å². The third-order valence-electron chi connectivity index (χ3n) is 7.30. The molecule has 0 radical (unpaired) electrons. The maximum atomic E-state index is 13.7. The predicted molar refractivity (Wildman–Crippen MR) is 132 cm³/mol. The zero-order valence-electron chi connectivity index (χ0n) is 19.6. The molecule has 6 rings (SSSR count). The topological polar surface area (TPSA) is 67.2 Å². The molecule has 2 aliphatic rings. The van der Waals surface area contributed by atoms with Crippen LogP contribution in [0.1, 0.15) is 37.8 Å². The van der Waals surface area contributed by atoms with Crippen LogP contribution < -0.4 is 10.2 Å². The van der Waals surface area contributed by atoms with Crippen molar-refractivity contribution in [2.24, 2.45) is 5.41 Å². The SMILES string of the molecule is CC1(C(=O)N[C@H]2CC(=O)N(c3ccc4c(cnn4-c4ccc(F)cc4)c3)[C@@H]2c2ccc(F)cc2)CC1. The zero-order chi connectivity index (χ0) is 25.0. The van der Waals surface area contributed by atoms with E-state index in [0.717, 1.165) is 35.0 Å². The lowest BCUT2D eigenvalue weighted by molar-refractivity contribution is -0.126. The van der Waals surface area contributed by atoms with Crippen LogP contribution in [-0.4, -0.2) is 27.6 Å². The Hall–Kier alpha value is -4.07. The van der Waals surface area contributed by atoms with Gasteiger partial charge < -0.3 is 10.2 Å². The summed E-state index contributed by atoms with van der Waals surface area (Å²) in [6.07, 6.45) is 3.51. The highest BCUT2D eigenvalue weighted by atomic mass is 19.1. The fourth-order valence-electron chi connectivity index (χ4n) is 4.92. The van der Waals surface area contributed by atoms with E-state index >= 15 is 0 Å². The predicted octanol–water partition coefficient (Wildman–Crippen LogP) is 5.07. The van der Waals surface area contributed by atoms with Crippen LogP contribution in [0, 0.1) is 17.0 Å². The van der Waals surface area contributed by atoms with E-state index in [-0.39, 0.29) is 35.3 Å². The molecule has 8 heteroatoms. The normalized spacial score (nSPS) is 20.6. The Kier molecular flexibility index (Phi) is 5.14. The van der Waals surface area contributed by atoms with Crippen LogP contribution in [0.25, 0.3) is 16.6 Å². The molecule has 2 fully saturated rings. The Bertz CT molecular complexity index is 1480. The number of carbonyl (C=O) groups is 2. The van der Waals surface area contributed by atoms with E-state index in [4.69, 9.17) is 0 Å². The molecular formula is C28H24F2N4O2. The van der Waals surface area contributed by atoms with Gasteiger partial charge >= 0.3 is 0 Å². The molecule has 1 aromatic heterocycles. The number of aromatic nitrogens is 2. The smallest absolute Gasteiger partial charge is 0.229 e. The van der Waals surface area contributed by atoms with Crippen LogP contribution >= 0.6 is 0 Å². The van der Waals surface area contributed by atoms with Crippen molar-refractivity contribution >= 4 is 28.4 Å². The zero-order valence-corrected chi connectivity index (χ0v) is 19.6. The number of nitrogens with zero attached hydrogens (tertiary/aromatic N) is 3. The summed E-state index contributed by atoms with van der Waals surface area (Å²) < 4.78 is 28.8. The quantitative estimate of drug-likeness (QED) is 0.429. The average Bonchev–Trinajstić information content (AvgIpc) is 3.35. The first-order valence-electron chi connectivity index (χ1n) is 11.9. The van der Waals surface area contributed by atoms with Gasteiger partial charge in [-0.15, -0.1) is 0 Å². The molecule has 1 saturated carbocycles. The number of anilines is 1. The van der Waals surface area contributed by atoms with Crippen molar-refractivity contribution in [3.05, 3.63) is 90.1 Å². The molecule has 2 atom stereocenters. The number of fused-ring (bicyclic) bond motifs is 1. The molecule has 182 valence electrons. The fraction of sp³-hybridized carbons (Fsp3) is 0.250. The van der Waals surface area contributed by atoms with Gasteiger partial charge in [0.15, 0.2) is 0 Å². The molecule has 0 unspecified atom stereocenters. The largest absolute Gasteiger partial charge is 0.350 e. The van der Waals surface area contributed by atoms with Gasteiger partial charge in [0.05, 0.1) is 29.5 Å². The number of hydrogen-bond acceptors (Lipinski definition) is 3. The lowest BCUT2D eigenvalue weighted by Gasteiger charge is -2.30. The highest BCUT2D eigenvalue weighted by Crippen LogP contribution is 2.46. The van der Waals surface area contributed by atoms with E-state index < -0.39 is 12.1 Å². The van der Waals surface area contributed by atoms with Gasteiger partial charge in [-0.2, -0.15) is 5.10 Å². The Morgan fingerprint density at radius 1 is 0.972 bits per heavy atom. The van der Waals surface area contributed by atoms with Crippen molar-refractivity contribution in [3.63, 3.8) is 0 Å². The molecule has 1 aliphatic carbocycles. The average molecular weight is 487 g/mol. The minimum Gasteiger partial charge on any atom is -0.350 e. The van der Waals surface area contributed by atoms with Gasteiger partial charge in [-0.05, 0) is 73.0 Å². The Morgan fingerprint density at radius 2 is 1.61 bits per heavy atom. The fourth-order valence-corrected chi connectivity index (χ4v) is 4.92. The van der Waals surface area contributed by atoms with E-state index in [1.54, 1.807) is 40.0 Å². The first kappa shape index (κ1) is 22.4. The molecule has 36 heavy (non-hydrogen) atoms. The van der Waals surface area contributed by atoms with Gasteiger partial charge in [-0.1, -0.05) is 19.1 Å². The number of halogens is 2. The van der Waals surface area contributed by atoms with Crippen molar-refractivity contribution in [2.45, 2.75) is 38.3 Å². The summed E-state index contributed by atoms with van der Waals surface area (Å²) in [4.78, 5) is 27.9. The molecule has 2 heterocycles. The second-order valence-electron chi connectivity index (χ2n) is 9.88. The molecule has 3 aromatic carbocycles. The van der Waals surface area contributed by atoms with Crippen molar-refractivity contribution in [1.82, 2.24) is 15.1 Å². The molecule has 0 bridgehead atoms. The van der Waals surface area contributed by atoms with Crippen LogP contribution in [0.3, 0.4) is 0 Å². The van der Waals surface area contributed by atoms with Crippen LogP contribution in [-0.2, 0) is 9.59 Å². The van der Waals surface area contributed by atoms with E-state index in [1.165, 1.54) is 24.3 Å². The third kappa shape index (κ3) is 3.82. The van der Waals surface area contributed by atoms with Gasteiger partial charge in [0.1, 0.15) is 11.6 Å². The maximum Gasteiger partial charge on any atom is 0.229 e. The molecule has 1 saturated heterocycles. The monoisotopic (exact) mass is 486 g/mol. The van der Waals surface area contributed by atoms with E-state index in [1.807, 2.05) is 25.1 Å². The van der Waals surface area contributed by atoms with E-state index in [9.17, 15) is 18.4 Å². The minimum absolute atomic E-state index is 0.0507. The maximum absolute atomic E-state index is 13.7. The number of benzene rings is 3. The number of hydrogen-bond donors (Lipinski definition) is 1. The second kappa shape index (κ2) is 8.26. The second-order valence-corrected chi connectivity index (χ2v) is 9.88. The van der Waals surface area contributed by atoms with Crippen molar-refractivity contribution < 1.29 is 18.4 Å². The van der Waals surface area contributed by atoms with Crippen molar-refractivity contribution in [2.75, 3.05) is 4.90 Å². The Labute approximate surface area is 206 Å². The van der Waals surface area contributed by atoms with E-state index in [0.29, 0.717) is 5.69 Å². The number of amides is 2. The summed E-state index contributed by atoms with van der Waals surface area (Å²) in [5.74, 6) is -0.865. The highest BCUT2D eigenvalue weighted by molar-refractivity contribution is 6.00. The number of carbonyl (C=O) groups excluding carboxylic acids is 2. The van der Waals surface area contributed by atoms with Gasteiger partial charge in [0.2, 0.25) is 11.8 Å². The van der Waals surface area contributed by atoms with Crippen LogP contribution in [0.2, 0.25) is 0 Å². The van der Waals surface area contributed by atoms with E-state index in [2.05, 4.69) is 10.4 Å². The van der Waals surface area contributed by atoms with Gasteiger partial charge in [0, 0.05) is 22.9 Å². The standard InChI is InChI=1S/C28H24F2N4O2/c1-28(12-13-28)27(36)32-23-15-25(35)33(26(23)17-2-4-19(29)5-3-17)22-10-11-24-18(14-22)16-31-34(24)21-8-6-20(30)7-9-21/h2-11,14,16,23,26H,12-13,15H2,1H3,(H,32,36)/t23-,26+/m0/s1. The van der Waals surface area contributed by atoms with Crippen LogP contribution in [0.5, 0.6) is 0 Å². The van der Waals surface area contributed by atoms with Gasteiger partial charge in [-0.3, -0.25) is 9.59 Å². The van der Waals surface area contributed by atoms with Crippen molar-refractivity contribution in [3.8, 4) is 5.69 Å². The number of nitrogens with one attached hydrogen (secondary N) is 1. The van der Waals surface area contributed by atoms with Crippen LogP contribution in [0.15, 0.2) is 72.9 Å². The number of rotatable bonds is 5. The molecule has 6 nitrogen and oxygen atoms in total. The minimum atomic E-state index is -0.478. The summed E-state index contributed by atoms with van der Waals surface area (Å²) in [6, 6.07) is 16.8. The summed E-state index contributed by atoms with van der Waals surface area (Å²) >= 11 is 0. The third-order valence-corrected chi connectivity index (χ3v) is 7.30. The molecule has 2 amide bonds. The molecule has 0 spiro atoms. The van der Waals surface area contributed by atoms with Gasteiger partial charge in [0.25, 0.3) is 0 Å². The molecule has 1 aliphatic heterocycles. The Morgan fingerprint density at radius 3 is 2.28 bits per heavy atom. The lowest BCUT2D eigenvalue weighted by Crippen LogP contribution is -2.42. The molecule has 4 aromatic rings. The summed E-state index contributed by atoms with van der Waals surface area (Å²) in [7, 11) is 0.